The van der Waals surface area contributed by atoms with Crippen molar-refractivity contribution in [3.63, 3.8) is 0 Å². The highest BCUT2D eigenvalue weighted by molar-refractivity contribution is 5.07. The molecular weight excluding hydrogens is 216 g/mol. The van der Waals surface area contributed by atoms with Gasteiger partial charge in [-0.1, -0.05) is 27.7 Å². The molecule has 0 aromatic carbocycles. The Morgan fingerprint density at radius 1 is 1.29 bits per heavy atom. The lowest BCUT2D eigenvalue weighted by atomic mass is 9.80. The Labute approximate surface area is 103 Å². The van der Waals surface area contributed by atoms with Gasteiger partial charge in [0.2, 0.25) is 6.29 Å². The van der Waals surface area contributed by atoms with Gasteiger partial charge < -0.3 is 13.9 Å². The van der Waals surface area contributed by atoms with Crippen molar-refractivity contribution in [2.24, 2.45) is 11.3 Å². The van der Waals surface area contributed by atoms with E-state index in [-0.39, 0.29) is 17.8 Å². The molecule has 3 heteroatoms. The van der Waals surface area contributed by atoms with E-state index >= 15 is 0 Å². The topological polar surface area (TPSA) is 31.6 Å². The summed E-state index contributed by atoms with van der Waals surface area (Å²) >= 11 is 0. The van der Waals surface area contributed by atoms with Gasteiger partial charge in [-0.2, -0.15) is 0 Å². The monoisotopic (exact) mass is 238 g/mol. The normalized spacial score (nSPS) is 28.6. The van der Waals surface area contributed by atoms with Crippen LogP contribution in [0.3, 0.4) is 0 Å². The molecule has 0 amide bonds. The second kappa shape index (κ2) is 4.46. The average Bonchev–Trinajstić information content (AvgIpc) is 2.64. The van der Waals surface area contributed by atoms with Gasteiger partial charge in [0.1, 0.15) is 5.76 Å². The first-order chi connectivity index (χ1) is 7.90. The van der Waals surface area contributed by atoms with Crippen LogP contribution in [0, 0.1) is 18.3 Å². The van der Waals surface area contributed by atoms with Gasteiger partial charge in [0, 0.05) is 5.41 Å². The average molecular weight is 238 g/mol. The minimum atomic E-state index is -0.357. The molecule has 0 bridgehead atoms. The largest absolute Gasteiger partial charge is 0.461 e. The van der Waals surface area contributed by atoms with Crippen LogP contribution in [-0.2, 0) is 9.47 Å². The van der Waals surface area contributed by atoms with Crippen molar-refractivity contribution < 1.29 is 13.9 Å². The predicted octanol–water partition coefficient (Wildman–Crippen LogP) is 3.68. The molecule has 2 unspecified atom stereocenters. The van der Waals surface area contributed by atoms with Gasteiger partial charge in [-0.15, -0.1) is 0 Å². The Kier molecular flexibility index (Phi) is 3.32. The second-order valence-corrected chi connectivity index (χ2v) is 5.88. The van der Waals surface area contributed by atoms with Crippen LogP contribution in [-0.4, -0.2) is 12.7 Å². The first-order valence-corrected chi connectivity index (χ1v) is 6.23. The lowest BCUT2D eigenvalue weighted by Crippen LogP contribution is -2.45. The molecule has 17 heavy (non-hydrogen) atoms. The maximum Gasteiger partial charge on any atom is 0.217 e. The molecule has 0 saturated carbocycles. The van der Waals surface area contributed by atoms with Gasteiger partial charge in [0.15, 0.2) is 5.76 Å². The van der Waals surface area contributed by atoms with Crippen LogP contribution in [0.15, 0.2) is 16.5 Å². The number of hydrogen-bond donors (Lipinski definition) is 0. The van der Waals surface area contributed by atoms with Crippen LogP contribution in [0.2, 0.25) is 0 Å². The molecule has 3 nitrogen and oxygen atoms in total. The van der Waals surface area contributed by atoms with Crippen molar-refractivity contribution in [3.8, 4) is 0 Å². The Morgan fingerprint density at radius 2 is 2.00 bits per heavy atom. The van der Waals surface area contributed by atoms with Crippen molar-refractivity contribution in [1.29, 1.82) is 0 Å². The lowest BCUT2D eigenvalue weighted by Gasteiger charge is -2.43. The first-order valence-electron chi connectivity index (χ1n) is 6.23. The van der Waals surface area contributed by atoms with Crippen LogP contribution in [0.25, 0.3) is 0 Å². The lowest BCUT2D eigenvalue weighted by molar-refractivity contribution is -0.279. The Hall–Kier alpha value is -0.800. The molecule has 1 aromatic heterocycles. The smallest absolute Gasteiger partial charge is 0.217 e. The van der Waals surface area contributed by atoms with Gasteiger partial charge in [-0.05, 0) is 25.0 Å². The van der Waals surface area contributed by atoms with E-state index in [4.69, 9.17) is 13.9 Å². The minimum Gasteiger partial charge on any atom is -0.461 e. The molecule has 2 heterocycles. The fourth-order valence-corrected chi connectivity index (χ4v) is 2.52. The summed E-state index contributed by atoms with van der Waals surface area (Å²) in [7, 11) is 0. The van der Waals surface area contributed by atoms with E-state index in [0.29, 0.717) is 12.5 Å². The molecule has 0 spiro atoms. The molecule has 0 aliphatic carbocycles. The Bertz CT molecular complexity index is 379. The summed E-state index contributed by atoms with van der Waals surface area (Å²) < 4.78 is 17.4. The molecule has 1 aromatic rings. The van der Waals surface area contributed by atoms with Crippen molar-refractivity contribution in [3.05, 3.63) is 23.7 Å². The molecule has 2 rings (SSSR count). The zero-order valence-corrected chi connectivity index (χ0v) is 11.3. The Morgan fingerprint density at radius 3 is 2.53 bits per heavy atom. The fourth-order valence-electron chi connectivity index (χ4n) is 2.52. The molecule has 1 aliphatic rings. The van der Waals surface area contributed by atoms with E-state index in [1.54, 1.807) is 0 Å². The number of furan rings is 1. The van der Waals surface area contributed by atoms with Gasteiger partial charge >= 0.3 is 0 Å². The molecule has 96 valence electrons. The van der Waals surface area contributed by atoms with E-state index in [9.17, 15) is 0 Å². The highest BCUT2D eigenvalue weighted by Crippen LogP contribution is 2.39. The van der Waals surface area contributed by atoms with Gasteiger partial charge in [-0.25, -0.2) is 0 Å². The third-order valence-electron chi connectivity index (χ3n) is 3.25. The van der Waals surface area contributed by atoms with Crippen LogP contribution in [0.5, 0.6) is 0 Å². The summed E-state index contributed by atoms with van der Waals surface area (Å²) in [6.45, 7) is 11.4. The minimum absolute atomic E-state index is 0.0479. The van der Waals surface area contributed by atoms with Gasteiger partial charge in [0.25, 0.3) is 0 Å². The van der Waals surface area contributed by atoms with E-state index in [1.807, 2.05) is 19.1 Å². The highest BCUT2D eigenvalue weighted by atomic mass is 16.7. The van der Waals surface area contributed by atoms with Crippen molar-refractivity contribution in [1.82, 2.24) is 0 Å². The van der Waals surface area contributed by atoms with Gasteiger partial charge in [-0.3, -0.25) is 0 Å². The zero-order chi connectivity index (χ0) is 12.6. The van der Waals surface area contributed by atoms with E-state index in [2.05, 4.69) is 27.7 Å². The zero-order valence-electron chi connectivity index (χ0n) is 11.3. The second-order valence-electron chi connectivity index (χ2n) is 5.88. The van der Waals surface area contributed by atoms with E-state index < -0.39 is 0 Å². The summed E-state index contributed by atoms with van der Waals surface area (Å²) in [6.07, 6.45) is -0.171. The summed E-state index contributed by atoms with van der Waals surface area (Å²) in [5.41, 5.74) is 0.0479. The third-order valence-corrected chi connectivity index (χ3v) is 3.25. The first kappa shape index (κ1) is 12.7. The molecule has 2 atom stereocenters. The molecule has 1 saturated heterocycles. The predicted molar refractivity (Wildman–Crippen MR) is 65.6 cm³/mol. The highest BCUT2D eigenvalue weighted by Gasteiger charge is 2.41. The standard InChI is InChI=1S/C14H22O3/c1-9(2)12-14(4,5)8-15-13(17-12)11-7-6-10(3)16-11/h6-7,9,12-13H,8H2,1-5H3. The molecule has 1 aliphatic heterocycles. The fraction of sp³-hybridized carbons (Fsp3) is 0.714. The third kappa shape index (κ3) is 2.55. The maximum absolute atomic E-state index is 6.05. The van der Waals surface area contributed by atoms with Crippen molar-refractivity contribution >= 4 is 0 Å². The SMILES string of the molecule is Cc1ccc(C2OCC(C)(C)C(C(C)C)O2)o1. The molecule has 0 N–H and O–H groups in total. The van der Waals surface area contributed by atoms with E-state index in [0.717, 1.165) is 11.5 Å². The number of aryl methyl sites for hydroxylation is 1. The van der Waals surface area contributed by atoms with Crippen LogP contribution < -0.4 is 0 Å². The van der Waals surface area contributed by atoms with Gasteiger partial charge in [0.05, 0.1) is 12.7 Å². The summed E-state index contributed by atoms with van der Waals surface area (Å²) in [4.78, 5) is 0. The van der Waals surface area contributed by atoms with Crippen molar-refractivity contribution in [2.45, 2.75) is 47.0 Å². The summed E-state index contributed by atoms with van der Waals surface area (Å²) in [5.74, 6) is 2.12. The number of ether oxygens (including phenoxy) is 2. The molecule has 0 radical (unpaired) electrons. The Balaban J connectivity index is 2.14. The van der Waals surface area contributed by atoms with Crippen LogP contribution >= 0.6 is 0 Å². The molecular formula is C14H22O3. The molecule has 1 fully saturated rings. The van der Waals surface area contributed by atoms with Crippen LogP contribution in [0.4, 0.5) is 0 Å². The van der Waals surface area contributed by atoms with E-state index in [1.165, 1.54) is 0 Å². The van der Waals surface area contributed by atoms with Crippen molar-refractivity contribution in [2.75, 3.05) is 6.61 Å². The van der Waals surface area contributed by atoms with Crippen LogP contribution in [0.1, 0.15) is 45.5 Å². The summed E-state index contributed by atoms with van der Waals surface area (Å²) in [5, 5.41) is 0. The number of hydrogen-bond acceptors (Lipinski definition) is 3. The maximum atomic E-state index is 6.05. The summed E-state index contributed by atoms with van der Waals surface area (Å²) in [6, 6.07) is 3.86. The number of rotatable bonds is 2. The quantitative estimate of drug-likeness (QED) is 0.787.